The largest absolute Gasteiger partial charge is 0.484 e. The van der Waals surface area contributed by atoms with Crippen molar-refractivity contribution < 1.29 is 18.7 Å². The Labute approximate surface area is 171 Å². The highest BCUT2D eigenvalue weighted by molar-refractivity contribution is 5.88. The fourth-order valence-corrected chi connectivity index (χ4v) is 2.83. The van der Waals surface area contributed by atoms with E-state index in [0.717, 1.165) is 11.1 Å². The molecule has 0 fully saturated rings. The van der Waals surface area contributed by atoms with Gasteiger partial charge in [0, 0.05) is 18.2 Å². The molecule has 0 radical (unpaired) electrons. The molecule has 29 heavy (non-hydrogen) atoms. The Bertz CT molecular complexity index is 867. The van der Waals surface area contributed by atoms with E-state index in [9.17, 15) is 14.0 Å². The first-order valence-electron chi connectivity index (χ1n) is 9.72. The van der Waals surface area contributed by atoms with E-state index in [1.807, 2.05) is 39.8 Å². The molecule has 0 spiro atoms. The average molecular weight is 400 g/mol. The molecule has 0 aliphatic rings. The third-order valence-electron chi connectivity index (χ3n) is 4.74. The summed E-state index contributed by atoms with van der Waals surface area (Å²) in [7, 11) is 0. The van der Waals surface area contributed by atoms with Gasteiger partial charge >= 0.3 is 0 Å². The van der Waals surface area contributed by atoms with Crippen LogP contribution in [0.3, 0.4) is 0 Å². The predicted octanol–water partition coefficient (Wildman–Crippen LogP) is 3.76. The number of aryl methyl sites for hydroxylation is 2. The van der Waals surface area contributed by atoms with Gasteiger partial charge in [0.15, 0.2) is 6.61 Å². The van der Waals surface area contributed by atoms with E-state index < -0.39 is 17.8 Å². The van der Waals surface area contributed by atoms with E-state index in [1.165, 1.54) is 11.0 Å². The van der Waals surface area contributed by atoms with Gasteiger partial charge in [0.25, 0.3) is 5.91 Å². The van der Waals surface area contributed by atoms with Crippen molar-refractivity contribution in [3.63, 3.8) is 0 Å². The van der Waals surface area contributed by atoms with Gasteiger partial charge in [0.2, 0.25) is 5.91 Å². The lowest BCUT2D eigenvalue weighted by Gasteiger charge is -2.29. The second-order valence-corrected chi connectivity index (χ2v) is 7.49. The van der Waals surface area contributed by atoms with Crippen LogP contribution in [0.5, 0.6) is 5.75 Å². The number of benzene rings is 2. The summed E-state index contributed by atoms with van der Waals surface area (Å²) in [6.07, 6.45) is 0. The van der Waals surface area contributed by atoms with Gasteiger partial charge in [-0.15, -0.1) is 0 Å². The van der Waals surface area contributed by atoms with Gasteiger partial charge < -0.3 is 15.0 Å². The zero-order chi connectivity index (χ0) is 21.6. The second-order valence-electron chi connectivity index (χ2n) is 7.49. The van der Waals surface area contributed by atoms with Crippen LogP contribution in [0, 0.1) is 19.7 Å². The predicted molar refractivity (Wildman–Crippen MR) is 111 cm³/mol. The smallest absolute Gasteiger partial charge is 0.261 e. The van der Waals surface area contributed by atoms with E-state index in [4.69, 9.17) is 4.74 Å². The molecule has 0 saturated heterocycles. The molecule has 2 rings (SSSR count). The zero-order valence-corrected chi connectivity index (χ0v) is 17.7. The molecule has 0 aliphatic carbocycles. The van der Waals surface area contributed by atoms with Crippen molar-refractivity contribution in [3.05, 3.63) is 65.0 Å². The Kier molecular flexibility index (Phi) is 7.76. The third-order valence-corrected chi connectivity index (χ3v) is 4.74. The molecule has 1 atom stereocenters. The highest BCUT2D eigenvalue weighted by Gasteiger charge is 2.27. The highest BCUT2D eigenvalue weighted by atomic mass is 19.1. The van der Waals surface area contributed by atoms with Crippen LogP contribution in [0.25, 0.3) is 0 Å². The maximum absolute atomic E-state index is 14.2. The summed E-state index contributed by atoms with van der Waals surface area (Å²) in [4.78, 5) is 26.7. The molecular weight excluding hydrogens is 371 g/mol. The van der Waals surface area contributed by atoms with E-state index in [0.29, 0.717) is 11.3 Å². The summed E-state index contributed by atoms with van der Waals surface area (Å²) in [6, 6.07) is 11.0. The lowest BCUT2D eigenvalue weighted by molar-refractivity contribution is -0.142. The monoisotopic (exact) mass is 400 g/mol. The first-order valence-corrected chi connectivity index (χ1v) is 9.72. The lowest BCUT2D eigenvalue weighted by Crippen LogP contribution is -2.50. The fraction of sp³-hybridized carbons (Fsp3) is 0.391. The van der Waals surface area contributed by atoms with Crippen molar-refractivity contribution in [1.29, 1.82) is 0 Å². The third kappa shape index (κ3) is 6.31. The summed E-state index contributed by atoms with van der Waals surface area (Å²) < 4.78 is 19.8. The van der Waals surface area contributed by atoms with Gasteiger partial charge in [0.05, 0.1) is 0 Å². The molecule has 5 nitrogen and oxygen atoms in total. The van der Waals surface area contributed by atoms with Crippen LogP contribution in [-0.4, -0.2) is 35.4 Å². The van der Waals surface area contributed by atoms with Crippen LogP contribution in [0.4, 0.5) is 4.39 Å². The van der Waals surface area contributed by atoms with Crippen molar-refractivity contribution >= 4 is 11.8 Å². The number of ether oxygens (including phenoxy) is 1. The first-order chi connectivity index (χ1) is 13.7. The number of nitrogens with zero attached hydrogens (tertiary/aromatic N) is 1. The number of amides is 2. The standard InChI is InChI=1S/C23H29FN2O3/c1-15(2)25-23(28)18(5)26(13-19-8-6-7-9-21(19)24)22(27)14-29-20-11-10-16(3)17(4)12-20/h6-12,15,18H,13-14H2,1-5H3,(H,25,28). The Hall–Kier alpha value is -2.89. The Balaban J connectivity index is 2.18. The minimum Gasteiger partial charge on any atom is -0.484 e. The van der Waals surface area contributed by atoms with Gasteiger partial charge in [-0.2, -0.15) is 0 Å². The molecular formula is C23H29FN2O3. The number of carbonyl (C=O) groups excluding carboxylic acids is 2. The molecule has 1 N–H and O–H groups in total. The van der Waals surface area contributed by atoms with Gasteiger partial charge in [-0.1, -0.05) is 24.3 Å². The van der Waals surface area contributed by atoms with Crippen molar-refractivity contribution in [1.82, 2.24) is 10.2 Å². The van der Waals surface area contributed by atoms with Crippen LogP contribution in [-0.2, 0) is 16.1 Å². The molecule has 0 heterocycles. The average Bonchev–Trinajstić information content (AvgIpc) is 2.67. The number of hydrogen-bond donors (Lipinski definition) is 1. The first kappa shape index (κ1) is 22.4. The molecule has 0 aliphatic heterocycles. The lowest BCUT2D eigenvalue weighted by atomic mass is 10.1. The topological polar surface area (TPSA) is 58.6 Å². The molecule has 2 aromatic carbocycles. The Morgan fingerprint density at radius 1 is 1.07 bits per heavy atom. The van der Waals surface area contributed by atoms with Crippen molar-refractivity contribution in [2.75, 3.05) is 6.61 Å². The van der Waals surface area contributed by atoms with Gasteiger partial charge in [-0.25, -0.2) is 4.39 Å². The van der Waals surface area contributed by atoms with Crippen LogP contribution in [0.15, 0.2) is 42.5 Å². The van der Waals surface area contributed by atoms with E-state index >= 15 is 0 Å². The van der Waals surface area contributed by atoms with Crippen molar-refractivity contribution in [2.24, 2.45) is 0 Å². The van der Waals surface area contributed by atoms with Crippen LogP contribution in [0.1, 0.15) is 37.5 Å². The fourth-order valence-electron chi connectivity index (χ4n) is 2.83. The van der Waals surface area contributed by atoms with E-state index in [2.05, 4.69) is 5.32 Å². The number of rotatable bonds is 8. The molecule has 0 aromatic heterocycles. The maximum atomic E-state index is 14.2. The van der Waals surface area contributed by atoms with E-state index in [-0.39, 0.29) is 25.1 Å². The van der Waals surface area contributed by atoms with Crippen molar-refractivity contribution in [2.45, 2.75) is 53.2 Å². The maximum Gasteiger partial charge on any atom is 0.261 e. The number of halogens is 1. The van der Waals surface area contributed by atoms with Gasteiger partial charge in [0.1, 0.15) is 17.6 Å². The molecule has 156 valence electrons. The van der Waals surface area contributed by atoms with Crippen molar-refractivity contribution in [3.8, 4) is 5.75 Å². The molecule has 0 saturated carbocycles. The van der Waals surface area contributed by atoms with Gasteiger partial charge in [-0.05, 0) is 63.9 Å². The second kappa shape index (κ2) is 10.0. The summed E-state index contributed by atoms with van der Waals surface area (Å²) in [5.41, 5.74) is 2.53. The summed E-state index contributed by atoms with van der Waals surface area (Å²) in [6.45, 7) is 9.02. The summed E-state index contributed by atoms with van der Waals surface area (Å²) in [5, 5.41) is 2.80. The SMILES string of the molecule is Cc1ccc(OCC(=O)N(Cc2ccccc2F)C(C)C(=O)NC(C)C)cc1C. The van der Waals surface area contributed by atoms with Crippen LogP contribution >= 0.6 is 0 Å². The number of nitrogens with one attached hydrogen (secondary N) is 1. The zero-order valence-electron chi connectivity index (χ0n) is 17.7. The molecule has 2 aromatic rings. The summed E-state index contributed by atoms with van der Waals surface area (Å²) >= 11 is 0. The van der Waals surface area contributed by atoms with Gasteiger partial charge in [-0.3, -0.25) is 9.59 Å². The molecule has 2 amide bonds. The van der Waals surface area contributed by atoms with Crippen LogP contribution in [0.2, 0.25) is 0 Å². The summed E-state index contributed by atoms with van der Waals surface area (Å²) in [5.74, 6) is -0.530. The normalized spacial score (nSPS) is 11.8. The Morgan fingerprint density at radius 2 is 1.76 bits per heavy atom. The quantitative estimate of drug-likeness (QED) is 0.734. The Morgan fingerprint density at radius 3 is 2.38 bits per heavy atom. The number of hydrogen-bond acceptors (Lipinski definition) is 3. The van der Waals surface area contributed by atoms with Crippen LogP contribution < -0.4 is 10.1 Å². The molecule has 1 unspecified atom stereocenters. The number of carbonyl (C=O) groups is 2. The minimum absolute atomic E-state index is 0.0194. The molecule has 0 bridgehead atoms. The minimum atomic E-state index is -0.770. The van der Waals surface area contributed by atoms with E-state index in [1.54, 1.807) is 31.2 Å². The molecule has 6 heteroatoms. The highest BCUT2D eigenvalue weighted by Crippen LogP contribution is 2.18.